The third kappa shape index (κ3) is 1.04. The van der Waals surface area contributed by atoms with Crippen LogP contribution in [-0.4, -0.2) is 4.98 Å². The molecule has 1 aromatic rings. The molecule has 1 heterocycles. The van der Waals surface area contributed by atoms with Crippen LogP contribution in [-0.2, 0) is 0 Å². The lowest BCUT2D eigenvalue weighted by molar-refractivity contribution is 1.29. The average Bonchev–Trinajstić information content (AvgIpc) is 1.87. The van der Waals surface area contributed by atoms with Gasteiger partial charge in [0.2, 0.25) is 0 Å². The van der Waals surface area contributed by atoms with Crippen LogP contribution in [0.3, 0.4) is 0 Å². The molecule has 0 bridgehead atoms. The van der Waals surface area contributed by atoms with E-state index in [0.29, 0.717) is 0 Å². The lowest BCUT2D eigenvalue weighted by atomic mass is 10.6. The van der Waals surface area contributed by atoms with Gasteiger partial charge < -0.3 is 0 Å². The number of hydrogen-bond acceptors (Lipinski definition) is 1. The number of aromatic nitrogens is 1. The highest BCUT2D eigenvalue weighted by Crippen LogP contribution is 2.15. The molecule has 2 heteroatoms. The first-order valence-corrected chi connectivity index (χ1v) is 3.27. The zero-order chi connectivity index (χ0) is 5.28. The van der Waals surface area contributed by atoms with Gasteiger partial charge in [-0.2, -0.15) is 0 Å². The third-order valence-electron chi connectivity index (χ3n) is 0.830. The SMILES string of the molecule is Cc1cnc(C)[pH]1. The molecule has 0 aliphatic carbocycles. The van der Waals surface area contributed by atoms with Gasteiger partial charge >= 0.3 is 0 Å². The smallest absolute Gasteiger partial charge is 0.0533 e. The summed E-state index contributed by atoms with van der Waals surface area (Å²) < 4.78 is 0. The highest BCUT2D eigenvalue weighted by atomic mass is 31.0. The summed E-state index contributed by atoms with van der Waals surface area (Å²) in [5.74, 6) is 0. The second-order valence-electron chi connectivity index (χ2n) is 1.65. The number of rotatable bonds is 0. The molecule has 0 aliphatic heterocycles. The Kier molecular flexibility index (Phi) is 1.16. The third-order valence-corrected chi connectivity index (χ3v) is 1.84. The normalized spacial score (nSPS) is 10.6. The molecule has 38 valence electrons. The molecular formula is C5H8NP. The topological polar surface area (TPSA) is 12.9 Å². The Hall–Kier alpha value is -0.290. The van der Waals surface area contributed by atoms with Crippen LogP contribution in [0.2, 0.25) is 0 Å². The summed E-state index contributed by atoms with van der Waals surface area (Å²) in [6.07, 6.45) is 1.94. The van der Waals surface area contributed by atoms with Crippen molar-refractivity contribution in [2.24, 2.45) is 0 Å². The van der Waals surface area contributed by atoms with Gasteiger partial charge in [-0.05, 0) is 19.1 Å². The second-order valence-corrected chi connectivity index (χ2v) is 3.41. The summed E-state index contributed by atoms with van der Waals surface area (Å²) >= 11 is 0. The van der Waals surface area contributed by atoms with Crippen molar-refractivity contribution in [3.05, 3.63) is 16.9 Å². The number of nitrogens with zero attached hydrogens (tertiary/aromatic N) is 1. The molecule has 1 unspecified atom stereocenters. The first-order chi connectivity index (χ1) is 3.29. The van der Waals surface area contributed by atoms with Crippen molar-refractivity contribution < 1.29 is 0 Å². The van der Waals surface area contributed by atoms with Crippen LogP contribution in [0.25, 0.3) is 0 Å². The van der Waals surface area contributed by atoms with E-state index in [4.69, 9.17) is 0 Å². The molecule has 0 fully saturated rings. The minimum absolute atomic E-state index is 0.867. The van der Waals surface area contributed by atoms with E-state index in [-0.39, 0.29) is 0 Å². The molecule has 0 radical (unpaired) electrons. The lowest BCUT2D eigenvalue weighted by Gasteiger charge is -1.70. The monoisotopic (exact) mass is 113 g/mol. The van der Waals surface area contributed by atoms with Crippen molar-refractivity contribution in [2.75, 3.05) is 0 Å². The fraction of sp³-hybridized carbons (Fsp3) is 0.400. The van der Waals surface area contributed by atoms with Gasteiger partial charge in [-0.25, -0.2) is 0 Å². The molecule has 0 saturated heterocycles. The van der Waals surface area contributed by atoms with E-state index in [1.807, 2.05) is 6.20 Å². The summed E-state index contributed by atoms with van der Waals surface area (Å²) in [4.78, 5) is 4.08. The molecule has 1 rings (SSSR count). The van der Waals surface area contributed by atoms with Crippen LogP contribution in [0.1, 0.15) is 10.7 Å². The summed E-state index contributed by atoms with van der Waals surface area (Å²) in [7, 11) is 0.867. The van der Waals surface area contributed by atoms with Gasteiger partial charge in [0.15, 0.2) is 0 Å². The summed E-state index contributed by atoms with van der Waals surface area (Å²) in [5.41, 5.74) is 1.26. The molecule has 0 aliphatic rings. The standard InChI is InChI=1S/C5H8NP/c1-4-3-6-5(2)7-4/h3,7H,1-2H3. The Morgan fingerprint density at radius 1 is 1.57 bits per heavy atom. The van der Waals surface area contributed by atoms with Crippen LogP contribution in [0.15, 0.2) is 6.20 Å². The lowest BCUT2D eigenvalue weighted by Crippen LogP contribution is -1.56. The zero-order valence-corrected chi connectivity index (χ0v) is 5.52. The summed E-state index contributed by atoms with van der Waals surface area (Å²) in [6.45, 7) is 4.17. The van der Waals surface area contributed by atoms with E-state index in [1.165, 1.54) is 10.7 Å². The molecule has 0 spiro atoms. The highest BCUT2D eigenvalue weighted by Gasteiger charge is 1.84. The summed E-state index contributed by atoms with van der Waals surface area (Å²) in [5, 5.41) is 1.40. The molecule has 1 aromatic heterocycles. The van der Waals surface area contributed by atoms with Gasteiger partial charge in [0.25, 0.3) is 0 Å². The molecular weight excluding hydrogens is 105 g/mol. The number of hydrogen-bond donors (Lipinski definition) is 0. The fourth-order valence-corrected chi connectivity index (χ4v) is 1.37. The first-order valence-electron chi connectivity index (χ1n) is 2.27. The predicted octanol–water partition coefficient (Wildman–Crippen LogP) is 1.73. The largest absolute Gasteiger partial charge is 0.257 e. The minimum Gasteiger partial charge on any atom is -0.257 e. The quantitative estimate of drug-likeness (QED) is 0.499. The van der Waals surface area contributed by atoms with Gasteiger partial charge in [0.05, 0.1) is 5.43 Å². The zero-order valence-electron chi connectivity index (χ0n) is 4.52. The highest BCUT2D eigenvalue weighted by molar-refractivity contribution is 7.31. The molecule has 0 saturated carbocycles. The van der Waals surface area contributed by atoms with E-state index >= 15 is 0 Å². The minimum atomic E-state index is 0.867. The van der Waals surface area contributed by atoms with Gasteiger partial charge in [-0.1, -0.05) is 0 Å². The van der Waals surface area contributed by atoms with Gasteiger partial charge in [-0.15, -0.1) is 8.19 Å². The Labute approximate surface area is 44.9 Å². The van der Waals surface area contributed by atoms with Crippen molar-refractivity contribution in [1.29, 1.82) is 0 Å². The van der Waals surface area contributed by atoms with E-state index in [1.54, 1.807) is 0 Å². The molecule has 1 atom stereocenters. The van der Waals surface area contributed by atoms with Crippen molar-refractivity contribution in [1.82, 2.24) is 4.98 Å². The first kappa shape index (κ1) is 4.86. The van der Waals surface area contributed by atoms with Crippen LogP contribution in [0.5, 0.6) is 0 Å². The van der Waals surface area contributed by atoms with Gasteiger partial charge in [0, 0.05) is 6.20 Å². The fourth-order valence-electron chi connectivity index (χ4n) is 0.544. The van der Waals surface area contributed by atoms with Gasteiger partial charge in [-0.3, -0.25) is 4.98 Å². The van der Waals surface area contributed by atoms with Crippen LogP contribution in [0.4, 0.5) is 0 Å². The summed E-state index contributed by atoms with van der Waals surface area (Å²) in [6, 6.07) is 0. The maximum absolute atomic E-state index is 4.08. The van der Waals surface area contributed by atoms with E-state index in [9.17, 15) is 0 Å². The average molecular weight is 113 g/mol. The molecule has 1 nitrogen and oxygen atoms in total. The van der Waals surface area contributed by atoms with Crippen molar-refractivity contribution in [3.8, 4) is 0 Å². The van der Waals surface area contributed by atoms with E-state index in [0.717, 1.165) is 8.19 Å². The second kappa shape index (κ2) is 1.67. The molecule has 7 heavy (non-hydrogen) atoms. The Balaban J connectivity index is 3.04. The predicted molar refractivity (Wildman–Crippen MR) is 33.2 cm³/mol. The van der Waals surface area contributed by atoms with Crippen LogP contribution >= 0.6 is 8.19 Å². The van der Waals surface area contributed by atoms with E-state index in [2.05, 4.69) is 18.8 Å². The maximum Gasteiger partial charge on any atom is 0.0533 e. The maximum atomic E-state index is 4.08. The van der Waals surface area contributed by atoms with E-state index < -0.39 is 0 Å². The Morgan fingerprint density at radius 2 is 2.29 bits per heavy atom. The van der Waals surface area contributed by atoms with Crippen molar-refractivity contribution in [2.45, 2.75) is 13.8 Å². The molecule has 0 amide bonds. The van der Waals surface area contributed by atoms with Crippen LogP contribution < -0.4 is 0 Å². The van der Waals surface area contributed by atoms with Gasteiger partial charge in [0.1, 0.15) is 0 Å². The molecule has 0 aromatic carbocycles. The molecule has 0 N–H and O–H groups in total. The van der Waals surface area contributed by atoms with Crippen molar-refractivity contribution >= 4 is 8.19 Å². The Morgan fingerprint density at radius 3 is 2.43 bits per heavy atom. The van der Waals surface area contributed by atoms with Crippen LogP contribution in [0, 0.1) is 13.8 Å². The Bertz CT molecular complexity index is 140. The number of aryl methyl sites for hydroxylation is 2. The van der Waals surface area contributed by atoms with Crippen molar-refractivity contribution in [3.63, 3.8) is 0 Å².